The summed E-state index contributed by atoms with van der Waals surface area (Å²) in [5.74, 6) is -1.10. The average molecular weight is 484 g/mol. The van der Waals surface area contributed by atoms with Gasteiger partial charge >= 0.3 is 0 Å². The van der Waals surface area contributed by atoms with E-state index in [0.29, 0.717) is 23.1 Å². The van der Waals surface area contributed by atoms with Gasteiger partial charge in [-0.25, -0.2) is 0 Å². The minimum Gasteiger partial charge on any atom is -0.502 e. The molecule has 1 aliphatic carbocycles. The lowest BCUT2D eigenvalue weighted by atomic mass is 9.81. The highest BCUT2D eigenvalue weighted by atomic mass is 35.5. The van der Waals surface area contributed by atoms with Crippen molar-refractivity contribution in [2.45, 2.75) is 38.1 Å². The number of carbonyl (C=O) groups is 1. The minimum atomic E-state index is -0.660. The first kappa shape index (κ1) is 22.0. The number of nitrogens with zero attached hydrogens (tertiary/aromatic N) is 3. The molecule has 33 heavy (non-hydrogen) atoms. The van der Waals surface area contributed by atoms with E-state index in [9.17, 15) is 14.7 Å². The SMILES string of the molecule is CCCN1C[C@H](C2c3ccc(Cl)cc3CCc3cc(Cl)ccc32)n2ncc(=O)c(O)c2C1=O. The van der Waals surface area contributed by atoms with Crippen molar-refractivity contribution in [3.05, 3.63) is 90.8 Å². The Bertz CT molecular complexity index is 1270. The van der Waals surface area contributed by atoms with Crippen LogP contribution >= 0.6 is 23.2 Å². The van der Waals surface area contributed by atoms with Gasteiger partial charge in [0.15, 0.2) is 11.4 Å². The number of amides is 1. The normalized spacial score (nSPS) is 17.8. The zero-order valence-corrected chi connectivity index (χ0v) is 19.6. The number of halogens is 2. The summed E-state index contributed by atoms with van der Waals surface area (Å²) in [5.41, 5.74) is 3.75. The highest BCUT2D eigenvalue weighted by molar-refractivity contribution is 6.31. The van der Waals surface area contributed by atoms with Crippen molar-refractivity contribution in [3.8, 4) is 5.75 Å². The predicted molar refractivity (Wildman–Crippen MR) is 128 cm³/mol. The molecule has 2 heterocycles. The Kier molecular flexibility index (Phi) is 5.67. The van der Waals surface area contributed by atoms with E-state index in [-0.39, 0.29) is 23.6 Å². The lowest BCUT2D eigenvalue weighted by molar-refractivity contribution is 0.0634. The summed E-state index contributed by atoms with van der Waals surface area (Å²) in [5, 5.41) is 16.3. The number of hydrogen-bond donors (Lipinski definition) is 1. The summed E-state index contributed by atoms with van der Waals surface area (Å²) >= 11 is 12.7. The molecule has 0 radical (unpaired) electrons. The first-order valence-electron chi connectivity index (χ1n) is 11.1. The van der Waals surface area contributed by atoms with E-state index in [1.165, 1.54) is 4.68 Å². The summed E-state index contributed by atoms with van der Waals surface area (Å²) < 4.78 is 1.54. The molecule has 1 atom stereocenters. The van der Waals surface area contributed by atoms with Crippen molar-refractivity contribution in [1.82, 2.24) is 14.7 Å². The maximum absolute atomic E-state index is 13.2. The third kappa shape index (κ3) is 3.71. The quantitative estimate of drug-likeness (QED) is 0.590. The molecule has 0 unspecified atom stereocenters. The Labute approximate surface area is 201 Å². The maximum Gasteiger partial charge on any atom is 0.276 e. The van der Waals surface area contributed by atoms with Crippen molar-refractivity contribution in [1.29, 1.82) is 0 Å². The lowest BCUT2D eigenvalue weighted by Crippen LogP contribution is -2.47. The minimum absolute atomic E-state index is 0.0533. The van der Waals surface area contributed by atoms with E-state index >= 15 is 0 Å². The van der Waals surface area contributed by atoms with Crippen molar-refractivity contribution < 1.29 is 9.90 Å². The van der Waals surface area contributed by atoms with Crippen LogP contribution in [0.15, 0.2) is 47.4 Å². The number of fused-ring (bicyclic) bond motifs is 3. The van der Waals surface area contributed by atoms with E-state index in [1.807, 2.05) is 43.3 Å². The number of aromatic hydroxyl groups is 1. The lowest BCUT2D eigenvalue weighted by Gasteiger charge is -2.39. The number of hydrogen-bond acceptors (Lipinski definition) is 4. The second-order valence-electron chi connectivity index (χ2n) is 8.63. The number of carbonyl (C=O) groups excluding carboxylic acids is 1. The zero-order chi connectivity index (χ0) is 23.3. The van der Waals surface area contributed by atoms with Gasteiger partial charge in [0, 0.05) is 29.1 Å². The predicted octanol–water partition coefficient (Wildman–Crippen LogP) is 4.59. The van der Waals surface area contributed by atoms with Crippen LogP contribution < -0.4 is 5.43 Å². The largest absolute Gasteiger partial charge is 0.502 e. The topological polar surface area (TPSA) is 75.4 Å². The number of aromatic nitrogens is 2. The molecular formula is C25H23Cl2N3O3. The van der Waals surface area contributed by atoms with Crippen molar-refractivity contribution in [2.75, 3.05) is 13.1 Å². The first-order valence-corrected chi connectivity index (χ1v) is 11.8. The fourth-order valence-corrected chi connectivity index (χ4v) is 5.58. The van der Waals surface area contributed by atoms with Gasteiger partial charge < -0.3 is 10.0 Å². The molecule has 1 amide bonds. The third-order valence-corrected chi connectivity index (χ3v) is 7.09. The van der Waals surface area contributed by atoms with E-state index in [2.05, 4.69) is 5.10 Å². The summed E-state index contributed by atoms with van der Waals surface area (Å²) in [6, 6.07) is 11.5. The molecule has 0 saturated carbocycles. The highest BCUT2D eigenvalue weighted by Crippen LogP contribution is 2.44. The third-order valence-electron chi connectivity index (χ3n) is 6.62. The Morgan fingerprint density at radius 1 is 1.03 bits per heavy atom. The van der Waals surface area contributed by atoms with Crippen LogP contribution in [-0.4, -0.2) is 38.8 Å². The molecule has 2 aromatic carbocycles. The number of aryl methyl sites for hydroxylation is 2. The van der Waals surface area contributed by atoms with Crippen LogP contribution in [0.4, 0.5) is 0 Å². The van der Waals surface area contributed by atoms with Gasteiger partial charge in [-0.3, -0.25) is 14.3 Å². The Morgan fingerprint density at radius 3 is 2.21 bits per heavy atom. The molecule has 0 bridgehead atoms. The van der Waals surface area contributed by atoms with Gasteiger partial charge in [0.1, 0.15) is 0 Å². The van der Waals surface area contributed by atoms with E-state index < -0.39 is 11.2 Å². The molecule has 1 aliphatic heterocycles. The smallest absolute Gasteiger partial charge is 0.276 e. The molecular weight excluding hydrogens is 461 g/mol. The molecule has 6 nitrogen and oxygen atoms in total. The number of benzene rings is 2. The van der Waals surface area contributed by atoms with Crippen LogP contribution in [0.3, 0.4) is 0 Å². The molecule has 5 rings (SSSR count). The maximum atomic E-state index is 13.2. The van der Waals surface area contributed by atoms with Crippen LogP contribution in [0.5, 0.6) is 5.75 Å². The second kappa shape index (κ2) is 8.50. The fraction of sp³-hybridized carbons (Fsp3) is 0.320. The molecule has 0 spiro atoms. The van der Waals surface area contributed by atoms with Crippen molar-refractivity contribution >= 4 is 29.1 Å². The Balaban J connectivity index is 1.78. The zero-order valence-electron chi connectivity index (χ0n) is 18.1. The molecule has 1 aromatic heterocycles. The van der Waals surface area contributed by atoms with Crippen molar-refractivity contribution in [2.24, 2.45) is 0 Å². The van der Waals surface area contributed by atoms with E-state index in [1.54, 1.807) is 4.90 Å². The van der Waals surface area contributed by atoms with E-state index in [0.717, 1.165) is 47.7 Å². The summed E-state index contributed by atoms with van der Waals surface area (Å²) in [6.07, 6.45) is 3.45. The van der Waals surface area contributed by atoms with Gasteiger partial charge in [0.25, 0.3) is 5.91 Å². The van der Waals surface area contributed by atoms with Gasteiger partial charge in [0.05, 0.1) is 12.2 Å². The first-order chi connectivity index (χ1) is 15.9. The van der Waals surface area contributed by atoms with Crippen LogP contribution in [0.1, 0.15) is 58.0 Å². The molecule has 3 aromatic rings. The molecule has 0 fully saturated rings. The molecule has 8 heteroatoms. The average Bonchev–Trinajstić information content (AvgIpc) is 2.94. The van der Waals surface area contributed by atoms with Crippen LogP contribution in [0, 0.1) is 0 Å². The van der Waals surface area contributed by atoms with Gasteiger partial charge in [0.2, 0.25) is 5.43 Å². The molecule has 0 saturated heterocycles. The summed E-state index contributed by atoms with van der Waals surface area (Å²) in [7, 11) is 0. The Morgan fingerprint density at radius 2 is 1.64 bits per heavy atom. The summed E-state index contributed by atoms with van der Waals surface area (Å²) in [4.78, 5) is 27.1. The second-order valence-corrected chi connectivity index (χ2v) is 9.51. The van der Waals surface area contributed by atoms with Crippen LogP contribution in [-0.2, 0) is 12.8 Å². The van der Waals surface area contributed by atoms with Crippen molar-refractivity contribution in [3.63, 3.8) is 0 Å². The van der Waals surface area contributed by atoms with Gasteiger partial charge in [-0.2, -0.15) is 5.10 Å². The molecule has 170 valence electrons. The highest BCUT2D eigenvalue weighted by Gasteiger charge is 2.41. The van der Waals surface area contributed by atoms with Gasteiger partial charge in [-0.15, -0.1) is 0 Å². The fourth-order valence-electron chi connectivity index (χ4n) is 5.19. The van der Waals surface area contributed by atoms with Crippen LogP contribution in [0.2, 0.25) is 10.0 Å². The standard InChI is InChI=1S/C25H23Cl2N3O3/c1-2-9-29-13-20(30-23(25(29)33)24(32)21(31)12-28-30)22-18-7-5-16(26)10-14(18)3-4-15-11-17(27)6-8-19(15)22/h5-8,10-12,20,22,32H,2-4,9,13H2,1H3/t20-/m1/s1. The molecule has 1 N–H and O–H groups in total. The monoisotopic (exact) mass is 483 g/mol. The van der Waals surface area contributed by atoms with Gasteiger partial charge in [-0.1, -0.05) is 42.3 Å². The summed E-state index contributed by atoms with van der Waals surface area (Å²) in [6.45, 7) is 2.92. The molecule has 2 aliphatic rings. The number of rotatable bonds is 3. The Hall–Kier alpha value is -2.83. The van der Waals surface area contributed by atoms with E-state index in [4.69, 9.17) is 23.2 Å². The van der Waals surface area contributed by atoms with Crippen LogP contribution in [0.25, 0.3) is 0 Å². The van der Waals surface area contributed by atoms with Gasteiger partial charge in [-0.05, 0) is 65.8 Å².